The lowest BCUT2D eigenvalue weighted by Crippen LogP contribution is -1.93. The topological polar surface area (TPSA) is 13.1 Å². The first-order valence-electron chi connectivity index (χ1n) is 17.5. The van der Waals surface area contributed by atoms with Crippen LogP contribution in [0.4, 0.5) is 0 Å². The third-order valence-electron chi connectivity index (χ3n) is 8.78. The minimum absolute atomic E-state index is 0.120. The van der Waals surface area contributed by atoms with Gasteiger partial charge in [-0.3, -0.25) is 0 Å². The van der Waals surface area contributed by atoms with Crippen LogP contribution in [0.15, 0.2) is 174 Å². The summed E-state index contributed by atoms with van der Waals surface area (Å²) >= 11 is 0. The lowest BCUT2D eigenvalue weighted by atomic mass is 9.83. The minimum atomic E-state index is -0.423. The maximum absolute atomic E-state index is 8.79. The monoisotopic (exact) mass is 577 g/mol. The number of rotatable bonds is 4. The van der Waals surface area contributed by atoms with Crippen LogP contribution >= 0.6 is 0 Å². The van der Waals surface area contributed by atoms with Gasteiger partial charge in [0.2, 0.25) is 0 Å². The molecule has 0 aliphatic carbocycles. The highest BCUT2D eigenvalue weighted by molar-refractivity contribution is 6.27. The van der Waals surface area contributed by atoms with Crippen LogP contribution in [0.1, 0.15) is 6.85 Å². The van der Waals surface area contributed by atoms with Crippen molar-refractivity contribution in [2.75, 3.05) is 0 Å². The van der Waals surface area contributed by atoms with Crippen LogP contribution in [0.3, 0.4) is 0 Å². The van der Waals surface area contributed by atoms with Gasteiger partial charge in [0, 0.05) is 16.3 Å². The Morgan fingerprint density at radius 2 is 0.889 bits per heavy atom. The highest BCUT2D eigenvalue weighted by atomic mass is 16.3. The molecule has 9 aromatic rings. The van der Waals surface area contributed by atoms with Crippen LogP contribution in [0.2, 0.25) is 0 Å². The summed E-state index contributed by atoms with van der Waals surface area (Å²) in [6, 6.07) is 46.0. The van der Waals surface area contributed by atoms with Crippen molar-refractivity contribution in [1.82, 2.24) is 0 Å². The molecule has 1 heteroatoms. The zero-order chi connectivity index (χ0) is 34.1. The molecule has 0 amide bonds. The second-order valence-corrected chi connectivity index (χ2v) is 11.2. The highest BCUT2D eigenvalue weighted by Crippen LogP contribution is 2.49. The molecule has 0 saturated heterocycles. The first-order chi connectivity index (χ1) is 24.4. The third kappa shape index (κ3) is 4.02. The normalized spacial score (nSPS) is 13.1. The van der Waals surface area contributed by atoms with Gasteiger partial charge in [-0.05, 0) is 72.6 Å². The first kappa shape index (κ1) is 20.9. The van der Waals surface area contributed by atoms with Crippen molar-refractivity contribution in [3.8, 4) is 44.5 Å². The van der Waals surface area contributed by atoms with Crippen molar-refractivity contribution >= 4 is 43.5 Å². The Morgan fingerprint density at radius 3 is 1.56 bits per heavy atom. The smallest absolute Gasteiger partial charge is 0.143 e. The SMILES string of the molecule is [2H]c1c([2H])c([2H])c(-c2ccc(-c3c4ccccc4c(-c4ccccc4-c4ccccc4)c4ccccc34)c3c2oc2ccccc23)c([2H])c1[2H]. The minimum Gasteiger partial charge on any atom is -0.455 e. The fraction of sp³-hybridized carbons (Fsp3) is 0. The van der Waals surface area contributed by atoms with Crippen molar-refractivity contribution in [3.05, 3.63) is 170 Å². The van der Waals surface area contributed by atoms with Gasteiger partial charge >= 0.3 is 0 Å². The Labute approximate surface area is 268 Å². The van der Waals surface area contributed by atoms with E-state index in [0.717, 1.165) is 65.7 Å². The van der Waals surface area contributed by atoms with Gasteiger partial charge in [-0.25, -0.2) is 0 Å². The van der Waals surface area contributed by atoms with Gasteiger partial charge in [0.25, 0.3) is 0 Å². The van der Waals surface area contributed by atoms with Gasteiger partial charge in [-0.15, -0.1) is 0 Å². The number of fused-ring (bicyclic) bond motifs is 5. The van der Waals surface area contributed by atoms with Crippen LogP contribution in [-0.2, 0) is 0 Å². The summed E-state index contributed by atoms with van der Waals surface area (Å²) in [4.78, 5) is 0. The molecular formula is C44H28O. The zero-order valence-electron chi connectivity index (χ0n) is 29.2. The molecule has 0 spiro atoms. The van der Waals surface area contributed by atoms with Gasteiger partial charge in [0.1, 0.15) is 11.2 Å². The molecule has 0 radical (unpaired) electrons. The molecule has 210 valence electrons. The molecule has 1 nitrogen and oxygen atoms in total. The van der Waals surface area contributed by atoms with E-state index >= 15 is 0 Å². The summed E-state index contributed by atoms with van der Waals surface area (Å²) in [5.41, 5.74) is 8.30. The Balaban J connectivity index is 1.42. The van der Waals surface area contributed by atoms with Crippen molar-refractivity contribution in [2.24, 2.45) is 0 Å². The number of hydrogen-bond acceptors (Lipinski definition) is 1. The maximum Gasteiger partial charge on any atom is 0.143 e. The van der Waals surface area contributed by atoms with E-state index in [4.69, 9.17) is 11.3 Å². The van der Waals surface area contributed by atoms with E-state index in [-0.39, 0.29) is 29.7 Å². The fourth-order valence-corrected chi connectivity index (χ4v) is 6.90. The van der Waals surface area contributed by atoms with Crippen molar-refractivity contribution in [1.29, 1.82) is 0 Å². The van der Waals surface area contributed by atoms with Crippen LogP contribution in [-0.4, -0.2) is 0 Å². The summed E-state index contributed by atoms with van der Waals surface area (Å²) in [5, 5.41) is 6.09. The van der Waals surface area contributed by atoms with Crippen molar-refractivity contribution in [2.45, 2.75) is 0 Å². The van der Waals surface area contributed by atoms with Crippen LogP contribution in [0.25, 0.3) is 88.0 Å². The summed E-state index contributed by atoms with van der Waals surface area (Å²) < 4.78 is 49.1. The highest BCUT2D eigenvalue weighted by Gasteiger charge is 2.22. The molecule has 0 N–H and O–H groups in total. The number of benzene rings is 8. The van der Waals surface area contributed by atoms with Crippen LogP contribution in [0.5, 0.6) is 0 Å². The molecule has 9 rings (SSSR count). The Hall–Kier alpha value is -5.92. The van der Waals surface area contributed by atoms with Gasteiger partial charge in [0.05, 0.1) is 6.85 Å². The molecule has 8 aromatic carbocycles. The van der Waals surface area contributed by atoms with Crippen LogP contribution < -0.4 is 0 Å². The predicted octanol–water partition coefficient (Wildman–Crippen LogP) is 12.6. The molecule has 0 fully saturated rings. The Bertz CT molecular complexity index is 2730. The van der Waals surface area contributed by atoms with Gasteiger partial charge in [-0.2, -0.15) is 0 Å². The lowest BCUT2D eigenvalue weighted by molar-refractivity contribution is 0.670. The molecule has 1 aromatic heterocycles. The van der Waals surface area contributed by atoms with E-state index < -0.39 is 6.04 Å². The lowest BCUT2D eigenvalue weighted by Gasteiger charge is -2.20. The van der Waals surface area contributed by atoms with E-state index in [1.54, 1.807) is 0 Å². The number of furan rings is 1. The second kappa shape index (κ2) is 10.4. The van der Waals surface area contributed by atoms with E-state index in [0.29, 0.717) is 16.7 Å². The molecule has 45 heavy (non-hydrogen) atoms. The third-order valence-corrected chi connectivity index (χ3v) is 8.78. The molecule has 0 saturated carbocycles. The second-order valence-electron chi connectivity index (χ2n) is 11.2. The van der Waals surface area contributed by atoms with Crippen molar-refractivity contribution in [3.63, 3.8) is 0 Å². The summed E-state index contributed by atoms with van der Waals surface area (Å²) in [6.45, 7) is 0. The Morgan fingerprint density at radius 1 is 0.378 bits per heavy atom. The quantitative estimate of drug-likeness (QED) is 0.190. The van der Waals surface area contributed by atoms with Gasteiger partial charge in [0.15, 0.2) is 0 Å². The van der Waals surface area contributed by atoms with Gasteiger partial charge < -0.3 is 4.42 Å². The summed E-state index contributed by atoms with van der Waals surface area (Å²) in [5.74, 6) is 0. The molecule has 0 aliphatic rings. The van der Waals surface area contributed by atoms with Crippen LogP contribution in [0, 0.1) is 0 Å². The number of hydrogen-bond donors (Lipinski definition) is 0. The molecule has 1 heterocycles. The predicted molar refractivity (Wildman–Crippen MR) is 190 cm³/mol. The van der Waals surface area contributed by atoms with E-state index in [2.05, 4.69) is 97.1 Å². The molecule has 0 unspecified atom stereocenters. The fourth-order valence-electron chi connectivity index (χ4n) is 6.90. The number of para-hydroxylation sites is 1. The Kier molecular flexibility index (Phi) is 4.81. The van der Waals surface area contributed by atoms with E-state index in [9.17, 15) is 0 Å². The van der Waals surface area contributed by atoms with Crippen molar-refractivity contribution < 1.29 is 11.3 Å². The standard InChI is InChI=1S/C44H28O/c1-3-15-29(16-4-1)31-19-7-8-20-33(31)41-34-21-9-11-23-36(34)42(37-24-12-10-22-35(37)41)39-28-27-32(30-17-5-2-6-18-30)44-43(39)38-25-13-14-26-40(38)45-44/h1-28H/i2D,5D,6D,17D,18D. The average molecular weight is 578 g/mol. The molecular weight excluding hydrogens is 544 g/mol. The molecule has 0 bridgehead atoms. The molecule has 0 aliphatic heterocycles. The zero-order valence-corrected chi connectivity index (χ0v) is 24.2. The van der Waals surface area contributed by atoms with E-state index in [1.165, 1.54) is 0 Å². The summed E-state index contributed by atoms with van der Waals surface area (Å²) in [6.07, 6.45) is 0. The largest absolute Gasteiger partial charge is 0.455 e. The van der Waals surface area contributed by atoms with Gasteiger partial charge in [-0.1, -0.05) is 158 Å². The first-order valence-corrected chi connectivity index (χ1v) is 15.0. The molecule has 0 atom stereocenters. The summed E-state index contributed by atoms with van der Waals surface area (Å²) in [7, 11) is 0. The average Bonchev–Trinajstić information content (AvgIpc) is 3.56. The van der Waals surface area contributed by atoms with E-state index in [1.807, 2.05) is 42.5 Å². The maximum atomic E-state index is 8.79.